The van der Waals surface area contributed by atoms with Crippen LogP contribution in [0.2, 0.25) is 0 Å². The predicted octanol–water partition coefficient (Wildman–Crippen LogP) is 5.12. The van der Waals surface area contributed by atoms with Crippen LogP contribution in [0, 0.1) is 5.82 Å². The summed E-state index contributed by atoms with van der Waals surface area (Å²) in [5.74, 6) is -0.423. The monoisotopic (exact) mass is 498 g/mol. The maximum atomic E-state index is 13.1. The van der Waals surface area contributed by atoms with E-state index in [1.165, 1.54) is 54.8 Å². The number of methoxy groups -OCH3 is 1. The summed E-state index contributed by atoms with van der Waals surface area (Å²) in [6.45, 7) is -0.0857. The molecule has 0 unspecified atom stereocenters. The van der Waals surface area contributed by atoms with Crippen molar-refractivity contribution < 1.29 is 27.1 Å². The third-order valence-corrected chi connectivity index (χ3v) is 7.04. The zero-order chi connectivity index (χ0) is 24.1. The van der Waals surface area contributed by atoms with Crippen LogP contribution in [0.25, 0.3) is 10.6 Å². The van der Waals surface area contributed by atoms with Gasteiger partial charge in [0.2, 0.25) is 0 Å². The van der Waals surface area contributed by atoms with Gasteiger partial charge >= 0.3 is 5.97 Å². The molecular weight excluding hydrogens is 479 g/mol. The molecule has 174 valence electrons. The van der Waals surface area contributed by atoms with Crippen molar-refractivity contribution in [3.05, 3.63) is 95.3 Å². The van der Waals surface area contributed by atoms with Crippen molar-refractivity contribution in [2.45, 2.75) is 11.5 Å². The van der Waals surface area contributed by atoms with Crippen LogP contribution in [0.5, 0.6) is 5.75 Å². The molecule has 34 heavy (non-hydrogen) atoms. The lowest BCUT2D eigenvalue weighted by Crippen LogP contribution is -2.14. The summed E-state index contributed by atoms with van der Waals surface area (Å²) >= 11 is 1.34. The number of thiazole rings is 1. The van der Waals surface area contributed by atoms with E-state index in [-0.39, 0.29) is 22.9 Å². The predicted molar refractivity (Wildman–Crippen MR) is 127 cm³/mol. The summed E-state index contributed by atoms with van der Waals surface area (Å²) in [6.07, 6.45) is 0. The van der Waals surface area contributed by atoms with Gasteiger partial charge in [-0.3, -0.25) is 4.72 Å². The number of hydrogen-bond acceptors (Lipinski definition) is 7. The van der Waals surface area contributed by atoms with Gasteiger partial charge in [-0.25, -0.2) is 22.6 Å². The van der Waals surface area contributed by atoms with E-state index in [4.69, 9.17) is 9.47 Å². The number of rotatable bonds is 8. The van der Waals surface area contributed by atoms with Gasteiger partial charge in [-0.1, -0.05) is 6.07 Å². The molecule has 0 radical (unpaired) electrons. The minimum atomic E-state index is -3.92. The third-order valence-electron chi connectivity index (χ3n) is 4.72. The quantitative estimate of drug-likeness (QED) is 0.339. The first kappa shape index (κ1) is 23.4. The van der Waals surface area contributed by atoms with Crippen LogP contribution in [-0.2, 0) is 21.4 Å². The molecule has 0 aliphatic carbocycles. The highest BCUT2D eigenvalue weighted by Crippen LogP contribution is 2.25. The molecule has 7 nitrogen and oxygen atoms in total. The lowest BCUT2D eigenvalue weighted by molar-refractivity contribution is 0.0468. The van der Waals surface area contributed by atoms with Gasteiger partial charge < -0.3 is 9.47 Å². The fourth-order valence-corrected chi connectivity index (χ4v) is 4.90. The SMILES string of the molecule is COc1ccc(NS(=O)(=O)c2cccc(C(=O)OCc3csc(-c4ccc(F)cc4)n3)c2)cc1. The van der Waals surface area contributed by atoms with Crippen molar-refractivity contribution in [2.24, 2.45) is 0 Å². The first-order valence-corrected chi connectivity index (χ1v) is 12.3. The maximum Gasteiger partial charge on any atom is 0.338 e. The molecule has 10 heteroatoms. The summed E-state index contributed by atoms with van der Waals surface area (Å²) in [4.78, 5) is 16.8. The van der Waals surface area contributed by atoms with Crippen LogP contribution in [0.15, 0.2) is 83.1 Å². The molecule has 1 N–H and O–H groups in total. The number of ether oxygens (including phenoxy) is 2. The lowest BCUT2D eigenvalue weighted by atomic mass is 10.2. The largest absolute Gasteiger partial charge is 0.497 e. The number of sulfonamides is 1. The topological polar surface area (TPSA) is 94.6 Å². The summed E-state index contributed by atoms with van der Waals surface area (Å²) in [6, 6.07) is 17.9. The van der Waals surface area contributed by atoms with Crippen molar-refractivity contribution >= 4 is 33.0 Å². The Kier molecular flexibility index (Phi) is 6.90. The van der Waals surface area contributed by atoms with Gasteiger partial charge in [-0.05, 0) is 66.7 Å². The molecule has 0 amide bonds. The maximum absolute atomic E-state index is 13.1. The highest BCUT2D eigenvalue weighted by atomic mass is 32.2. The van der Waals surface area contributed by atoms with Gasteiger partial charge in [-0.15, -0.1) is 11.3 Å². The average Bonchev–Trinajstić information content (AvgIpc) is 3.32. The Labute approximate surface area is 199 Å². The minimum Gasteiger partial charge on any atom is -0.497 e. The lowest BCUT2D eigenvalue weighted by Gasteiger charge is -2.10. The number of carbonyl (C=O) groups is 1. The Bertz CT molecular complexity index is 1400. The highest BCUT2D eigenvalue weighted by Gasteiger charge is 2.18. The van der Waals surface area contributed by atoms with Crippen LogP contribution in [0.4, 0.5) is 10.1 Å². The van der Waals surface area contributed by atoms with Crippen LogP contribution < -0.4 is 9.46 Å². The van der Waals surface area contributed by atoms with Crippen molar-refractivity contribution in [3.63, 3.8) is 0 Å². The Morgan fingerprint density at radius 2 is 1.79 bits per heavy atom. The van der Waals surface area contributed by atoms with E-state index in [2.05, 4.69) is 9.71 Å². The molecule has 4 rings (SSSR count). The van der Waals surface area contributed by atoms with Gasteiger partial charge in [0.1, 0.15) is 23.2 Å². The second-order valence-corrected chi connectivity index (χ2v) is 9.63. The number of nitrogens with zero attached hydrogens (tertiary/aromatic N) is 1. The highest BCUT2D eigenvalue weighted by molar-refractivity contribution is 7.92. The molecular formula is C24H19FN2O5S2. The molecule has 1 heterocycles. The van der Waals surface area contributed by atoms with E-state index >= 15 is 0 Å². The van der Waals surface area contributed by atoms with Gasteiger partial charge in [0, 0.05) is 16.6 Å². The van der Waals surface area contributed by atoms with Gasteiger partial charge in [-0.2, -0.15) is 0 Å². The molecule has 0 saturated carbocycles. The zero-order valence-corrected chi connectivity index (χ0v) is 19.5. The molecule has 0 fully saturated rings. The first-order valence-electron chi connectivity index (χ1n) is 9.98. The molecule has 4 aromatic rings. The third kappa shape index (κ3) is 5.59. The number of nitrogens with one attached hydrogen (secondary N) is 1. The van der Waals surface area contributed by atoms with Crippen LogP contribution in [0.1, 0.15) is 16.1 Å². The molecule has 0 saturated heterocycles. The van der Waals surface area contributed by atoms with Crippen LogP contribution in [-0.4, -0.2) is 26.5 Å². The Morgan fingerprint density at radius 1 is 1.06 bits per heavy atom. The molecule has 0 atom stereocenters. The second kappa shape index (κ2) is 10.0. The first-order chi connectivity index (χ1) is 16.3. The summed E-state index contributed by atoms with van der Waals surface area (Å²) < 4.78 is 51.4. The fourth-order valence-electron chi connectivity index (χ4n) is 2.98. The Morgan fingerprint density at radius 3 is 2.50 bits per heavy atom. The van der Waals surface area contributed by atoms with Crippen molar-refractivity contribution in [3.8, 4) is 16.3 Å². The zero-order valence-electron chi connectivity index (χ0n) is 17.9. The van der Waals surface area contributed by atoms with Crippen LogP contribution >= 0.6 is 11.3 Å². The van der Waals surface area contributed by atoms with Gasteiger partial charge in [0.25, 0.3) is 10.0 Å². The summed E-state index contributed by atoms with van der Waals surface area (Å²) in [5.41, 5.74) is 1.73. The summed E-state index contributed by atoms with van der Waals surface area (Å²) in [7, 11) is -2.41. The number of anilines is 1. The van der Waals surface area contributed by atoms with E-state index in [1.807, 2.05) is 0 Å². The number of hydrogen-bond donors (Lipinski definition) is 1. The normalized spacial score (nSPS) is 11.1. The minimum absolute atomic E-state index is 0.0787. The van der Waals surface area contributed by atoms with E-state index in [0.717, 1.165) is 5.56 Å². The average molecular weight is 499 g/mol. The van der Waals surface area contributed by atoms with E-state index in [9.17, 15) is 17.6 Å². The van der Waals surface area contributed by atoms with Crippen molar-refractivity contribution in [1.82, 2.24) is 4.98 Å². The molecule has 1 aromatic heterocycles. The standard InChI is InChI=1S/C24H19FN2O5S2/c1-31-21-11-9-19(10-12-21)27-34(29,30)22-4-2-3-17(13-22)24(28)32-14-20-15-33-23(26-20)16-5-7-18(25)8-6-16/h2-13,15,27H,14H2,1H3. The number of carbonyl (C=O) groups excluding carboxylic acids is 1. The van der Waals surface area contributed by atoms with E-state index < -0.39 is 16.0 Å². The van der Waals surface area contributed by atoms with Gasteiger partial charge in [0.05, 0.1) is 23.3 Å². The van der Waals surface area contributed by atoms with E-state index in [1.54, 1.807) is 41.8 Å². The fraction of sp³-hybridized carbons (Fsp3) is 0.0833. The molecule has 0 spiro atoms. The van der Waals surface area contributed by atoms with Crippen molar-refractivity contribution in [2.75, 3.05) is 11.8 Å². The second-order valence-electron chi connectivity index (χ2n) is 7.09. The van der Waals surface area contributed by atoms with Crippen LogP contribution in [0.3, 0.4) is 0 Å². The summed E-state index contributed by atoms with van der Waals surface area (Å²) in [5, 5.41) is 2.41. The van der Waals surface area contributed by atoms with Gasteiger partial charge in [0.15, 0.2) is 0 Å². The number of benzene rings is 3. The number of halogens is 1. The molecule has 0 aliphatic rings. The Balaban J connectivity index is 1.42. The molecule has 0 aliphatic heterocycles. The molecule has 0 bridgehead atoms. The number of esters is 1. The number of aromatic nitrogens is 1. The smallest absolute Gasteiger partial charge is 0.338 e. The molecule has 3 aromatic carbocycles. The Hall–Kier alpha value is -3.76. The van der Waals surface area contributed by atoms with Crippen molar-refractivity contribution in [1.29, 1.82) is 0 Å². The van der Waals surface area contributed by atoms with E-state index in [0.29, 0.717) is 22.1 Å².